The van der Waals surface area contributed by atoms with E-state index in [2.05, 4.69) is 44.3 Å². The number of nitrogens with zero attached hydrogens (tertiary/aromatic N) is 1. The van der Waals surface area contributed by atoms with E-state index < -0.39 is 0 Å². The molecule has 0 aliphatic rings. The molecular formula is C21H26N3OS+. The van der Waals surface area contributed by atoms with E-state index in [9.17, 15) is 4.79 Å². The van der Waals surface area contributed by atoms with Gasteiger partial charge >= 0.3 is 0 Å². The second-order valence-electron chi connectivity index (χ2n) is 7.09. The Morgan fingerprint density at radius 3 is 2.46 bits per heavy atom. The topological polar surface area (TPSA) is 46.4 Å². The number of para-hydroxylation sites is 1. The predicted molar refractivity (Wildman–Crippen MR) is 109 cm³/mol. The Balaban J connectivity index is 1.61. The van der Waals surface area contributed by atoms with Crippen molar-refractivity contribution in [3.8, 4) is 0 Å². The third-order valence-corrected chi connectivity index (χ3v) is 5.94. The second-order valence-corrected chi connectivity index (χ2v) is 8.15. The number of quaternary nitrogens is 1. The van der Waals surface area contributed by atoms with Crippen molar-refractivity contribution in [1.82, 2.24) is 4.98 Å². The van der Waals surface area contributed by atoms with E-state index in [0.29, 0.717) is 12.5 Å². The summed E-state index contributed by atoms with van der Waals surface area (Å²) in [6.07, 6.45) is 0. The van der Waals surface area contributed by atoms with Crippen LogP contribution in [0.25, 0.3) is 10.2 Å². The lowest BCUT2D eigenvalue weighted by molar-refractivity contribution is -0.902. The van der Waals surface area contributed by atoms with Crippen molar-refractivity contribution in [3.63, 3.8) is 0 Å². The number of fused-ring (bicyclic) bond motifs is 1. The maximum atomic E-state index is 12.4. The number of rotatable bonds is 6. The van der Waals surface area contributed by atoms with Gasteiger partial charge in [0, 0.05) is 5.69 Å². The van der Waals surface area contributed by atoms with Gasteiger partial charge in [0.05, 0.1) is 17.3 Å². The number of nitrogens with one attached hydrogen (secondary N) is 2. The van der Waals surface area contributed by atoms with Gasteiger partial charge in [-0.3, -0.25) is 4.79 Å². The van der Waals surface area contributed by atoms with E-state index in [1.54, 1.807) is 11.3 Å². The third-order valence-electron chi connectivity index (χ3n) is 4.72. The van der Waals surface area contributed by atoms with Crippen LogP contribution in [0.3, 0.4) is 0 Å². The number of thiazole rings is 1. The van der Waals surface area contributed by atoms with Crippen LogP contribution < -0.4 is 10.2 Å². The summed E-state index contributed by atoms with van der Waals surface area (Å²) in [4.78, 5) is 18.2. The molecule has 3 rings (SSSR count). The summed E-state index contributed by atoms with van der Waals surface area (Å²) in [5.41, 5.74) is 3.15. The number of carbonyl (C=O) groups excluding carboxylic acids is 1. The monoisotopic (exact) mass is 368 g/mol. The Labute approximate surface area is 158 Å². The lowest BCUT2D eigenvalue weighted by Gasteiger charge is -2.19. The summed E-state index contributed by atoms with van der Waals surface area (Å²) in [5, 5.41) is 4.06. The zero-order valence-electron chi connectivity index (χ0n) is 15.7. The van der Waals surface area contributed by atoms with Crippen LogP contribution in [0.2, 0.25) is 0 Å². The van der Waals surface area contributed by atoms with Crippen LogP contribution in [-0.2, 0) is 4.79 Å². The standard InChI is InChI=1S/C21H25N3OS/c1-14(2)16-9-11-17(12-10-16)22-20(25)13-24(4)15(3)21-23-18-7-5-6-8-19(18)26-21/h5-12,14-15H,13H2,1-4H3,(H,22,25)/p+1/t15-/m0/s1. The molecule has 1 amide bonds. The van der Waals surface area contributed by atoms with Gasteiger partial charge in [0.2, 0.25) is 0 Å². The number of anilines is 1. The summed E-state index contributed by atoms with van der Waals surface area (Å²) in [5.74, 6) is 0.512. The fraction of sp³-hybridized carbons (Fsp3) is 0.333. The normalized spacial score (nSPS) is 13.7. The van der Waals surface area contributed by atoms with Gasteiger partial charge in [-0.2, -0.15) is 0 Å². The molecule has 0 radical (unpaired) electrons. The average molecular weight is 369 g/mol. The van der Waals surface area contributed by atoms with Gasteiger partial charge in [0.15, 0.2) is 11.6 Å². The van der Waals surface area contributed by atoms with E-state index in [-0.39, 0.29) is 11.9 Å². The van der Waals surface area contributed by atoms with Crippen LogP contribution in [0.4, 0.5) is 5.69 Å². The van der Waals surface area contributed by atoms with Crippen molar-refractivity contribution in [1.29, 1.82) is 0 Å². The van der Waals surface area contributed by atoms with E-state index in [1.165, 1.54) is 10.3 Å². The average Bonchev–Trinajstić information content (AvgIpc) is 3.05. The molecule has 0 aliphatic heterocycles. The highest BCUT2D eigenvalue weighted by molar-refractivity contribution is 7.18. The molecule has 5 heteroatoms. The fourth-order valence-corrected chi connectivity index (χ4v) is 3.96. The second kappa shape index (κ2) is 7.98. The molecule has 3 aromatic rings. The number of hydrogen-bond acceptors (Lipinski definition) is 3. The molecule has 0 spiro atoms. The molecule has 4 nitrogen and oxygen atoms in total. The van der Waals surface area contributed by atoms with E-state index >= 15 is 0 Å². The van der Waals surface area contributed by atoms with Crippen molar-refractivity contribution in [2.75, 3.05) is 18.9 Å². The zero-order valence-corrected chi connectivity index (χ0v) is 16.6. The summed E-state index contributed by atoms with van der Waals surface area (Å²) in [7, 11) is 2.04. The molecule has 0 bridgehead atoms. The Bertz CT molecular complexity index is 853. The van der Waals surface area contributed by atoms with E-state index in [4.69, 9.17) is 4.98 Å². The first-order chi connectivity index (χ1) is 12.4. The molecule has 0 fully saturated rings. The number of likely N-dealkylation sites (N-methyl/N-ethyl adjacent to an activating group) is 1. The first kappa shape index (κ1) is 18.5. The lowest BCUT2D eigenvalue weighted by Crippen LogP contribution is -3.10. The Morgan fingerprint density at radius 1 is 1.12 bits per heavy atom. The number of amides is 1. The van der Waals surface area contributed by atoms with Crippen molar-refractivity contribution < 1.29 is 9.69 Å². The Morgan fingerprint density at radius 2 is 1.81 bits per heavy atom. The summed E-state index contributed by atoms with van der Waals surface area (Å²) in [6, 6.07) is 16.4. The molecule has 26 heavy (non-hydrogen) atoms. The highest BCUT2D eigenvalue weighted by atomic mass is 32.1. The SMILES string of the molecule is CC(C)c1ccc(NC(=O)C[NH+](C)[C@@H](C)c2nc3ccccc3s2)cc1. The molecule has 0 aliphatic carbocycles. The summed E-state index contributed by atoms with van der Waals surface area (Å²) >= 11 is 1.71. The molecule has 1 unspecified atom stereocenters. The largest absolute Gasteiger partial charge is 0.322 e. The molecule has 0 saturated heterocycles. The summed E-state index contributed by atoms with van der Waals surface area (Å²) < 4.78 is 1.19. The maximum absolute atomic E-state index is 12.4. The molecule has 1 aromatic heterocycles. The summed E-state index contributed by atoms with van der Waals surface area (Å²) in [6.45, 7) is 6.85. The van der Waals surface area contributed by atoms with Crippen molar-refractivity contribution in [2.24, 2.45) is 0 Å². The molecule has 0 saturated carbocycles. The van der Waals surface area contributed by atoms with Crippen molar-refractivity contribution >= 4 is 33.1 Å². The molecule has 1 heterocycles. The van der Waals surface area contributed by atoms with Crippen molar-refractivity contribution in [3.05, 3.63) is 59.1 Å². The van der Waals surface area contributed by atoms with Gasteiger partial charge < -0.3 is 10.2 Å². The Hall–Kier alpha value is -2.24. The van der Waals surface area contributed by atoms with Gasteiger partial charge in [0.25, 0.3) is 5.91 Å². The molecule has 136 valence electrons. The van der Waals surface area contributed by atoms with Crippen LogP contribution in [0.5, 0.6) is 0 Å². The van der Waals surface area contributed by atoms with Crippen LogP contribution in [-0.4, -0.2) is 24.5 Å². The van der Waals surface area contributed by atoms with E-state index in [1.807, 2.05) is 37.4 Å². The van der Waals surface area contributed by atoms with Gasteiger partial charge in [-0.15, -0.1) is 11.3 Å². The smallest absolute Gasteiger partial charge is 0.279 e. The minimum atomic E-state index is 0.0211. The minimum absolute atomic E-state index is 0.0211. The van der Waals surface area contributed by atoms with Crippen molar-refractivity contribution in [2.45, 2.75) is 32.7 Å². The lowest BCUT2D eigenvalue weighted by atomic mass is 10.0. The number of hydrogen-bond donors (Lipinski definition) is 2. The number of aromatic nitrogens is 1. The van der Waals surface area contributed by atoms with Gasteiger partial charge in [0.1, 0.15) is 6.04 Å². The maximum Gasteiger partial charge on any atom is 0.279 e. The first-order valence-electron chi connectivity index (χ1n) is 9.01. The third kappa shape index (κ3) is 4.29. The quantitative estimate of drug-likeness (QED) is 0.698. The predicted octanol–water partition coefficient (Wildman–Crippen LogP) is 3.63. The van der Waals surface area contributed by atoms with Crippen LogP contribution in [0, 0.1) is 0 Å². The highest BCUT2D eigenvalue weighted by Gasteiger charge is 2.22. The first-order valence-corrected chi connectivity index (χ1v) is 9.83. The molecule has 2 N–H and O–H groups in total. The number of benzene rings is 2. The molecule has 2 aromatic carbocycles. The van der Waals surface area contributed by atoms with Crippen LogP contribution in [0.15, 0.2) is 48.5 Å². The highest BCUT2D eigenvalue weighted by Crippen LogP contribution is 2.24. The fourth-order valence-electron chi connectivity index (χ4n) is 2.85. The van der Waals surface area contributed by atoms with Gasteiger partial charge in [-0.05, 0) is 42.7 Å². The molecular weight excluding hydrogens is 342 g/mol. The minimum Gasteiger partial charge on any atom is -0.322 e. The van der Waals surface area contributed by atoms with Crippen LogP contribution in [0.1, 0.15) is 43.3 Å². The van der Waals surface area contributed by atoms with E-state index in [0.717, 1.165) is 21.1 Å². The van der Waals surface area contributed by atoms with Gasteiger partial charge in [-0.1, -0.05) is 38.1 Å². The van der Waals surface area contributed by atoms with Crippen LogP contribution >= 0.6 is 11.3 Å². The zero-order chi connectivity index (χ0) is 18.7. The van der Waals surface area contributed by atoms with Gasteiger partial charge in [-0.25, -0.2) is 4.98 Å². The Kier molecular flexibility index (Phi) is 5.69. The number of carbonyl (C=O) groups is 1. The molecule has 2 atom stereocenters.